The molecule has 0 aromatic carbocycles. The van der Waals surface area contributed by atoms with E-state index in [-0.39, 0.29) is 21.1 Å². The molecule has 0 unspecified atom stereocenters. The van der Waals surface area contributed by atoms with Crippen LogP contribution >= 0.6 is 0 Å². The van der Waals surface area contributed by atoms with Crippen LogP contribution in [-0.2, 0) is 32.5 Å². The van der Waals surface area contributed by atoms with Gasteiger partial charge in [-0.2, -0.15) is 0 Å². The van der Waals surface area contributed by atoms with Crippen LogP contribution in [0.4, 0.5) is 0 Å². The van der Waals surface area contributed by atoms with E-state index in [1.165, 1.54) is 0 Å². The van der Waals surface area contributed by atoms with Crippen molar-refractivity contribution in [3.8, 4) is 0 Å². The number of hydrogen-bond donors (Lipinski definition) is 0. The summed E-state index contributed by atoms with van der Waals surface area (Å²) in [6.45, 7) is 0.528. The first-order valence-corrected chi connectivity index (χ1v) is 2.31. The van der Waals surface area contributed by atoms with Gasteiger partial charge in [-0.3, -0.25) is 0 Å². The van der Waals surface area contributed by atoms with Crippen molar-refractivity contribution in [2.45, 2.75) is 6.73 Å². The van der Waals surface area contributed by atoms with Gasteiger partial charge in [-0.15, -0.1) is 12.4 Å². The van der Waals surface area contributed by atoms with Crippen molar-refractivity contribution >= 4 is 0 Å². The molecule has 0 fully saturated rings. The average molecular weight is 295 g/mol. The van der Waals surface area contributed by atoms with Crippen molar-refractivity contribution in [2.75, 3.05) is 7.11 Å². The summed E-state index contributed by atoms with van der Waals surface area (Å²) in [6, 6.07) is 0. The summed E-state index contributed by atoms with van der Waals surface area (Å²) in [5, 5.41) is 0. The topological polar surface area (TPSA) is 27.1 Å². The minimum absolute atomic E-state index is 0. The molecule has 1 heterocycles. The van der Waals surface area contributed by atoms with E-state index in [1.807, 2.05) is 0 Å². The molecule has 1 aromatic heterocycles. The molecule has 0 N–H and O–H groups in total. The average Bonchev–Trinajstić information content (AvgIpc) is 2.19. The van der Waals surface area contributed by atoms with E-state index in [1.54, 1.807) is 24.1 Å². The molecule has 4 heteroatoms. The number of imidazole rings is 1. The van der Waals surface area contributed by atoms with E-state index >= 15 is 0 Å². The standard InChI is InChI=1S/C5H7N2O.W/c1-8-5-7-3-2-6-4-7;/h2-3H,5H2,1H3;/q-1;. The second kappa shape index (κ2) is 4.71. The smallest absolute Gasteiger partial charge is 0.101 e. The van der Waals surface area contributed by atoms with E-state index in [9.17, 15) is 0 Å². The maximum absolute atomic E-state index is 4.78. The Kier molecular flexibility index (Phi) is 4.64. The molecule has 0 aliphatic carbocycles. The maximum Gasteiger partial charge on any atom is 0.101 e. The van der Waals surface area contributed by atoms with E-state index in [2.05, 4.69) is 11.3 Å². The Bertz CT molecular complexity index is 141. The van der Waals surface area contributed by atoms with Crippen LogP contribution < -0.4 is 0 Å². The van der Waals surface area contributed by atoms with E-state index < -0.39 is 0 Å². The monoisotopic (exact) mass is 295 g/mol. The minimum atomic E-state index is 0. The molecule has 0 saturated carbocycles. The summed E-state index contributed by atoms with van der Waals surface area (Å²) in [4.78, 5) is 3.70. The zero-order valence-electron chi connectivity index (χ0n) is 5.07. The molecule has 0 atom stereocenters. The molecular weight excluding hydrogens is 288 g/mol. The minimum Gasteiger partial charge on any atom is -0.433 e. The number of ether oxygens (including phenoxy) is 1. The van der Waals surface area contributed by atoms with E-state index in [4.69, 9.17) is 4.74 Å². The van der Waals surface area contributed by atoms with Crippen LogP contribution in [0.25, 0.3) is 0 Å². The molecule has 0 amide bonds. The van der Waals surface area contributed by atoms with Gasteiger partial charge in [0, 0.05) is 34.5 Å². The van der Waals surface area contributed by atoms with Crippen molar-refractivity contribution < 1.29 is 25.8 Å². The zero-order chi connectivity index (χ0) is 5.82. The van der Waals surface area contributed by atoms with Crippen LogP contribution in [0.2, 0.25) is 0 Å². The Balaban J connectivity index is 0.000000640. The molecule has 9 heavy (non-hydrogen) atoms. The molecule has 1 rings (SSSR count). The predicted octanol–water partition coefficient (Wildman–Crippen LogP) is 0.285. The van der Waals surface area contributed by atoms with Gasteiger partial charge in [-0.05, 0) is 0 Å². The van der Waals surface area contributed by atoms with Crippen molar-refractivity contribution in [1.82, 2.24) is 9.55 Å². The van der Waals surface area contributed by atoms with Crippen LogP contribution in [-0.4, -0.2) is 16.7 Å². The van der Waals surface area contributed by atoms with Crippen LogP contribution in [0.15, 0.2) is 12.4 Å². The molecule has 0 aliphatic rings. The molecule has 0 spiro atoms. The number of methoxy groups -OCH3 is 1. The third-order valence-electron chi connectivity index (χ3n) is 0.776. The largest absolute Gasteiger partial charge is 0.433 e. The molecule has 1 aromatic rings. The van der Waals surface area contributed by atoms with Gasteiger partial charge in [-0.1, -0.05) is 0 Å². The van der Waals surface area contributed by atoms with Gasteiger partial charge in [-0.25, -0.2) is 0 Å². The Morgan fingerprint density at radius 3 is 3.00 bits per heavy atom. The zero-order valence-corrected chi connectivity index (χ0v) is 8.01. The third-order valence-corrected chi connectivity index (χ3v) is 0.776. The Labute approximate surface area is 68.3 Å². The van der Waals surface area contributed by atoms with Gasteiger partial charge in [0.1, 0.15) is 6.73 Å². The molecule has 0 saturated heterocycles. The second-order valence-corrected chi connectivity index (χ2v) is 1.41. The molecule has 0 bridgehead atoms. The van der Waals surface area contributed by atoms with Crippen molar-refractivity contribution in [3.63, 3.8) is 0 Å². The van der Waals surface area contributed by atoms with Crippen molar-refractivity contribution in [3.05, 3.63) is 18.7 Å². The molecule has 50 valence electrons. The summed E-state index contributed by atoms with van der Waals surface area (Å²) in [5.41, 5.74) is 0. The summed E-state index contributed by atoms with van der Waals surface area (Å²) < 4.78 is 6.50. The first-order chi connectivity index (χ1) is 3.93. The Hall–Kier alpha value is -0.142. The van der Waals surface area contributed by atoms with Crippen molar-refractivity contribution in [2.24, 2.45) is 0 Å². The van der Waals surface area contributed by atoms with Crippen LogP contribution in [0.1, 0.15) is 0 Å². The molecule has 0 radical (unpaired) electrons. The second-order valence-electron chi connectivity index (χ2n) is 1.41. The van der Waals surface area contributed by atoms with E-state index in [0.717, 1.165) is 0 Å². The number of aromatic nitrogens is 2. The maximum atomic E-state index is 4.78. The molecule has 3 nitrogen and oxygen atoms in total. The number of nitrogens with zero attached hydrogens (tertiary/aromatic N) is 2. The SMILES string of the molecule is COCn1[c-]ncc1.[W]. The molecule has 0 aliphatic heterocycles. The van der Waals surface area contributed by atoms with Gasteiger partial charge in [0.2, 0.25) is 0 Å². The van der Waals surface area contributed by atoms with Gasteiger partial charge < -0.3 is 14.3 Å². The summed E-state index contributed by atoms with van der Waals surface area (Å²) >= 11 is 0. The van der Waals surface area contributed by atoms with Crippen LogP contribution in [0, 0.1) is 6.33 Å². The quantitative estimate of drug-likeness (QED) is 0.733. The summed E-state index contributed by atoms with van der Waals surface area (Å²) in [7, 11) is 1.63. The van der Waals surface area contributed by atoms with Gasteiger partial charge in [0.25, 0.3) is 0 Å². The first kappa shape index (κ1) is 8.86. The Morgan fingerprint density at radius 1 is 1.78 bits per heavy atom. The fourth-order valence-electron chi connectivity index (χ4n) is 0.466. The fraction of sp³-hybridized carbons (Fsp3) is 0.400. The van der Waals surface area contributed by atoms with E-state index in [0.29, 0.717) is 6.73 Å². The summed E-state index contributed by atoms with van der Waals surface area (Å²) in [6.07, 6.45) is 6.14. The van der Waals surface area contributed by atoms with Crippen LogP contribution in [0.3, 0.4) is 0 Å². The number of rotatable bonds is 2. The van der Waals surface area contributed by atoms with Crippen molar-refractivity contribution in [1.29, 1.82) is 0 Å². The predicted molar refractivity (Wildman–Crippen MR) is 28.1 cm³/mol. The van der Waals surface area contributed by atoms with Gasteiger partial charge in [0.15, 0.2) is 0 Å². The number of hydrogen-bond acceptors (Lipinski definition) is 2. The van der Waals surface area contributed by atoms with Gasteiger partial charge in [0.05, 0.1) is 0 Å². The summed E-state index contributed by atoms with van der Waals surface area (Å²) in [5.74, 6) is 0. The normalized spacial score (nSPS) is 8.56. The van der Waals surface area contributed by atoms with Crippen LogP contribution in [0.5, 0.6) is 0 Å². The third kappa shape index (κ3) is 2.78. The first-order valence-electron chi connectivity index (χ1n) is 2.31. The Morgan fingerprint density at radius 2 is 2.56 bits per heavy atom. The van der Waals surface area contributed by atoms with Gasteiger partial charge >= 0.3 is 0 Å². The fourth-order valence-corrected chi connectivity index (χ4v) is 0.466. The molecular formula is C5H7N2OW-.